The fourth-order valence-electron chi connectivity index (χ4n) is 1.58. The van der Waals surface area contributed by atoms with Crippen molar-refractivity contribution in [3.8, 4) is 11.4 Å². The molecule has 0 saturated heterocycles. The van der Waals surface area contributed by atoms with E-state index in [1.165, 1.54) is 17.7 Å². The summed E-state index contributed by atoms with van der Waals surface area (Å²) in [6.07, 6.45) is -0.195. The van der Waals surface area contributed by atoms with Gasteiger partial charge in [-0.3, -0.25) is 4.79 Å². The molecule has 0 radical (unpaired) electrons. The van der Waals surface area contributed by atoms with Gasteiger partial charge in [0.1, 0.15) is 11.6 Å². The van der Waals surface area contributed by atoms with Crippen LogP contribution in [0, 0.1) is 18.6 Å². The molecule has 0 unspecified atom stereocenters. The van der Waals surface area contributed by atoms with Crippen LogP contribution < -0.4 is 0 Å². The van der Waals surface area contributed by atoms with E-state index in [9.17, 15) is 13.6 Å². The van der Waals surface area contributed by atoms with E-state index in [-0.39, 0.29) is 29.9 Å². The Morgan fingerprint density at radius 3 is 2.79 bits per heavy atom. The van der Waals surface area contributed by atoms with Gasteiger partial charge < -0.3 is 5.11 Å². The van der Waals surface area contributed by atoms with Crippen LogP contribution in [0.25, 0.3) is 11.4 Å². The number of rotatable bonds is 4. The van der Waals surface area contributed by atoms with E-state index in [0.717, 1.165) is 6.07 Å². The standard InChI is InChI=1S/C11H10F2N4O2/c1-6-4-7(9(13)5-8(6)12)11-14-15-16-17(11)3-2-10(18)19/h4-5H,2-3H2,1H3,(H,18,19). The Bertz CT molecular complexity index is 627. The molecule has 1 heterocycles. The number of halogens is 2. The lowest BCUT2D eigenvalue weighted by molar-refractivity contribution is -0.137. The summed E-state index contributed by atoms with van der Waals surface area (Å²) in [5.74, 6) is -2.40. The van der Waals surface area contributed by atoms with Crippen molar-refractivity contribution < 1.29 is 18.7 Å². The summed E-state index contributed by atoms with van der Waals surface area (Å²) in [6.45, 7) is 1.50. The van der Waals surface area contributed by atoms with Crippen LogP contribution in [0.3, 0.4) is 0 Å². The molecule has 2 rings (SSSR count). The second-order valence-electron chi connectivity index (χ2n) is 3.95. The lowest BCUT2D eigenvalue weighted by atomic mass is 10.1. The minimum atomic E-state index is -1.02. The van der Waals surface area contributed by atoms with Crippen LogP contribution in [0.2, 0.25) is 0 Å². The fraction of sp³-hybridized carbons (Fsp3) is 0.273. The molecule has 0 aliphatic heterocycles. The van der Waals surface area contributed by atoms with Gasteiger partial charge in [0.2, 0.25) is 0 Å². The number of aryl methyl sites for hydroxylation is 2. The molecular weight excluding hydrogens is 258 g/mol. The second-order valence-corrected chi connectivity index (χ2v) is 3.95. The van der Waals surface area contributed by atoms with Crippen molar-refractivity contribution in [2.24, 2.45) is 0 Å². The average Bonchev–Trinajstić information content (AvgIpc) is 2.79. The number of carboxylic acid groups (broad SMARTS) is 1. The van der Waals surface area contributed by atoms with Gasteiger partial charge >= 0.3 is 5.97 Å². The molecule has 0 saturated carbocycles. The van der Waals surface area contributed by atoms with E-state index in [2.05, 4.69) is 15.5 Å². The van der Waals surface area contributed by atoms with Crippen LogP contribution in [0.15, 0.2) is 12.1 Å². The molecule has 6 nitrogen and oxygen atoms in total. The van der Waals surface area contributed by atoms with Crippen LogP contribution in [-0.2, 0) is 11.3 Å². The number of carbonyl (C=O) groups is 1. The van der Waals surface area contributed by atoms with Gasteiger partial charge in [0, 0.05) is 6.07 Å². The van der Waals surface area contributed by atoms with Crippen molar-refractivity contribution in [3.63, 3.8) is 0 Å². The van der Waals surface area contributed by atoms with Gasteiger partial charge in [0.05, 0.1) is 18.5 Å². The average molecular weight is 268 g/mol. The summed E-state index contributed by atoms with van der Waals surface area (Å²) in [5, 5.41) is 19.2. The number of benzene rings is 1. The zero-order chi connectivity index (χ0) is 14.0. The molecule has 0 aliphatic rings. The third-order valence-electron chi connectivity index (χ3n) is 2.56. The minimum absolute atomic E-state index is 0.00747. The van der Waals surface area contributed by atoms with E-state index < -0.39 is 17.6 Å². The number of tetrazole rings is 1. The fourth-order valence-corrected chi connectivity index (χ4v) is 1.58. The highest BCUT2D eigenvalue weighted by Crippen LogP contribution is 2.23. The molecule has 100 valence electrons. The number of aromatic nitrogens is 4. The van der Waals surface area contributed by atoms with Crippen molar-refractivity contribution in [2.45, 2.75) is 19.9 Å². The molecule has 0 atom stereocenters. The SMILES string of the molecule is Cc1cc(-c2nnnn2CCC(=O)O)c(F)cc1F. The zero-order valence-electron chi connectivity index (χ0n) is 9.97. The quantitative estimate of drug-likeness (QED) is 0.906. The number of carboxylic acids is 1. The van der Waals surface area contributed by atoms with Crippen molar-refractivity contribution in [1.82, 2.24) is 20.2 Å². The summed E-state index contributed by atoms with van der Waals surface area (Å²) in [6, 6.07) is 2.04. The summed E-state index contributed by atoms with van der Waals surface area (Å²) in [4.78, 5) is 10.5. The highest BCUT2D eigenvalue weighted by Gasteiger charge is 2.16. The third-order valence-corrected chi connectivity index (χ3v) is 2.56. The van der Waals surface area contributed by atoms with Gasteiger partial charge in [-0.05, 0) is 29.0 Å². The first-order chi connectivity index (χ1) is 8.99. The molecule has 0 aliphatic carbocycles. The molecule has 19 heavy (non-hydrogen) atoms. The molecule has 0 spiro atoms. The lowest BCUT2D eigenvalue weighted by Crippen LogP contribution is -2.08. The molecule has 0 bridgehead atoms. The molecule has 8 heteroatoms. The molecule has 1 N–H and O–H groups in total. The summed E-state index contributed by atoms with van der Waals surface area (Å²) in [7, 11) is 0. The maximum Gasteiger partial charge on any atom is 0.305 e. The Kier molecular flexibility index (Phi) is 3.50. The van der Waals surface area contributed by atoms with Crippen LogP contribution in [-0.4, -0.2) is 31.3 Å². The minimum Gasteiger partial charge on any atom is -0.481 e. The molecule has 2 aromatic rings. The Balaban J connectivity index is 2.40. The predicted molar refractivity (Wildman–Crippen MR) is 60.2 cm³/mol. The number of aliphatic carboxylic acids is 1. The summed E-state index contributed by atoms with van der Waals surface area (Å²) >= 11 is 0. The Labute approximate surface area is 106 Å². The first kappa shape index (κ1) is 13.1. The predicted octanol–water partition coefficient (Wildman–Crippen LogP) is 1.40. The van der Waals surface area contributed by atoms with Crippen molar-refractivity contribution in [2.75, 3.05) is 0 Å². The van der Waals surface area contributed by atoms with Crippen LogP contribution in [0.5, 0.6) is 0 Å². The van der Waals surface area contributed by atoms with E-state index in [4.69, 9.17) is 5.11 Å². The van der Waals surface area contributed by atoms with E-state index in [0.29, 0.717) is 0 Å². The third kappa shape index (κ3) is 2.72. The smallest absolute Gasteiger partial charge is 0.305 e. The van der Waals surface area contributed by atoms with Gasteiger partial charge in [-0.1, -0.05) is 0 Å². The highest BCUT2D eigenvalue weighted by atomic mass is 19.1. The van der Waals surface area contributed by atoms with E-state index in [1.807, 2.05) is 0 Å². The van der Waals surface area contributed by atoms with Gasteiger partial charge in [0.15, 0.2) is 5.82 Å². The first-order valence-electron chi connectivity index (χ1n) is 5.43. The van der Waals surface area contributed by atoms with Gasteiger partial charge in [-0.2, -0.15) is 0 Å². The van der Waals surface area contributed by atoms with Crippen molar-refractivity contribution in [3.05, 3.63) is 29.3 Å². The number of hydrogen-bond donors (Lipinski definition) is 1. The monoisotopic (exact) mass is 268 g/mol. The van der Waals surface area contributed by atoms with Crippen LogP contribution >= 0.6 is 0 Å². The van der Waals surface area contributed by atoms with Crippen LogP contribution in [0.1, 0.15) is 12.0 Å². The first-order valence-corrected chi connectivity index (χ1v) is 5.43. The van der Waals surface area contributed by atoms with Crippen molar-refractivity contribution >= 4 is 5.97 Å². The number of nitrogens with zero attached hydrogens (tertiary/aromatic N) is 4. The highest BCUT2D eigenvalue weighted by molar-refractivity contribution is 5.66. The van der Waals surface area contributed by atoms with Crippen molar-refractivity contribution in [1.29, 1.82) is 0 Å². The van der Waals surface area contributed by atoms with Gasteiger partial charge in [0.25, 0.3) is 0 Å². The normalized spacial score (nSPS) is 10.7. The van der Waals surface area contributed by atoms with E-state index in [1.54, 1.807) is 0 Å². The maximum absolute atomic E-state index is 13.7. The number of hydrogen-bond acceptors (Lipinski definition) is 4. The molecule has 1 aromatic carbocycles. The van der Waals surface area contributed by atoms with Gasteiger partial charge in [-0.25, -0.2) is 13.5 Å². The zero-order valence-corrected chi connectivity index (χ0v) is 9.97. The lowest BCUT2D eigenvalue weighted by Gasteiger charge is -2.06. The second kappa shape index (κ2) is 5.09. The maximum atomic E-state index is 13.7. The Morgan fingerprint density at radius 2 is 2.11 bits per heavy atom. The van der Waals surface area contributed by atoms with E-state index >= 15 is 0 Å². The van der Waals surface area contributed by atoms with Gasteiger partial charge in [-0.15, -0.1) is 5.10 Å². The Morgan fingerprint density at radius 1 is 1.37 bits per heavy atom. The molecule has 1 aromatic heterocycles. The molecular formula is C11H10F2N4O2. The van der Waals surface area contributed by atoms with Crippen LogP contribution in [0.4, 0.5) is 8.78 Å². The molecule has 0 fully saturated rings. The summed E-state index contributed by atoms with van der Waals surface area (Å²) in [5.41, 5.74) is 0.290. The summed E-state index contributed by atoms with van der Waals surface area (Å²) < 4.78 is 28.1. The Hall–Kier alpha value is -2.38. The molecule has 0 amide bonds. The topological polar surface area (TPSA) is 80.9 Å². The largest absolute Gasteiger partial charge is 0.481 e.